The zero-order chi connectivity index (χ0) is 10.8. The smallest absolute Gasteiger partial charge is 0.0582 e. The number of nitrogens with one attached hydrogen (secondary N) is 1. The summed E-state index contributed by atoms with van der Waals surface area (Å²) in [5.74, 6) is 0. The maximum absolute atomic E-state index is 8.99. The molecule has 0 amide bonds. The molecule has 1 aromatic heterocycles. The monoisotopic (exact) mass is 225 g/mol. The molecule has 0 saturated heterocycles. The lowest BCUT2D eigenvalue weighted by Crippen LogP contribution is -2.31. The van der Waals surface area contributed by atoms with E-state index in [1.54, 1.807) is 10.4 Å². The Morgan fingerprint density at radius 2 is 2.27 bits per heavy atom. The molecule has 84 valence electrons. The Morgan fingerprint density at radius 3 is 2.93 bits per heavy atom. The minimum Gasteiger partial charge on any atom is -0.395 e. The molecule has 3 heteroatoms. The Hall–Kier alpha value is -0.380. The van der Waals surface area contributed by atoms with Crippen molar-refractivity contribution >= 4 is 11.3 Å². The minimum atomic E-state index is 0.178. The van der Waals surface area contributed by atoms with Crippen molar-refractivity contribution in [1.82, 2.24) is 5.32 Å². The van der Waals surface area contributed by atoms with Crippen molar-refractivity contribution in [2.45, 2.75) is 45.2 Å². The minimum absolute atomic E-state index is 0.178. The van der Waals surface area contributed by atoms with E-state index in [4.69, 9.17) is 5.11 Å². The highest BCUT2D eigenvalue weighted by Gasteiger charge is 2.18. The normalized spacial score (nSPS) is 18.9. The van der Waals surface area contributed by atoms with Gasteiger partial charge in [-0.25, -0.2) is 0 Å². The summed E-state index contributed by atoms with van der Waals surface area (Å²) in [5, 5.41) is 12.4. The summed E-state index contributed by atoms with van der Waals surface area (Å²) in [6, 6.07) is 2.88. The molecule has 2 nitrogen and oxygen atoms in total. The van der Waals surface area contributed by atoms with Crippen LogP contribution in [-0.4, -0.2) is 17.8 Å². The van der Waals surface area contributed by atoms with Crippen LogP contribution in [0.5, 0.6) is 0 Å². The topological polar surface area (TPSA) is 32.3 Å². The van der Waals surface area contributed by atoms with Gasteiger partial charge in [-0.15, -0.1) is 11.3 Å². The van der Waals surface area contributed by atoms with Crippen LogP contribution >= 0.6 is 11.3 Å². The van der Waals surface area contributed by atoms with Crippen LogP contribution < -0.4 is 5.32 Å². The zero-order valence-corrected chi connectivity index (χ0v) is 10.2. The van der Waals surface area contributed by atoms with E-state index in [9.17, 15) is 0 Å². The van der Waals surface area contributed by atoms with Crippen LogP contribution in [0.25, 0.3) is 0 Å². The van der Waals surface area contributed by atoms with Gasteiger partial charge in [0.2, 0.25) is 0 Å². The summed E-state index contributed by atoms with van der Waals surface area (Å²) >= 11 is 1.94. The lowest BCUT2D eigenvalue weighted by molar-refractivity contribution is 0.243. The van der Waals surface area contributed by atoms with Gasteiger partial charge < -0.3 is 10.4 Å². The Bertz CT molecular complexity index is 313. The van der Waals surface area contributed by atoms with Gasteiger partial charge in [0.15, 0.2) is 0 Å². The third kappa shape index (κ3) is 2.41. The molecule has 0 radical (unpaired) electrons. The second kappa shape index (κ2) is 4.64. The average Bonchev–Trinajstić information content (AvgIpc) is 2.76. The number of aliphatic hydroxyl groups is 1. The fraction of sp³-hybridized carbons (Fsp3) is 0.667. The number of aliphatic hydroxyl groups excluding tert-OH is 1. The van der Waals surface area contributed by atoms with Gasteiger partial charge in [0.25, 0.3) is 0 Å². The van der Waals surface area contributed by atoms with Gasteiger partial charge in [-0.3, -0.25) is 0 Å². The SMILES string of the molecule is CC(N[C@H](C)CO)c1cc2c(s1)CCC2. The maximum Gasteiger partial charge on any atom is 0.0582 e. The molecule has 2 rings (SSSR count). The van der Waals surface area contributed by atoms with E-state index >= 15 is 0 Å². The summed E-state index contributed by atoms with van der Waals surface area (Å²) in [4.78, 5) is 3.00. The number of thiophene rings is 1. The average molecular weight is 225 g/mol. The summed E-state index contributed by atoms with van der Waals surface area (Å²) < 4.78 is 0. The molecule has 0 aromatic carbocycles. The second-order valence-electron chi connectivity index (χ2n) is 4.42. The standard InChI is InChI=1S/C12H19NOS/c1-8(7-14)13-9(2)12-6-10-4-3-5-11(10)15-12/h6,8-9,13-14H,3-5,7H2,1-2H3/t8-,9?/m1/s1. The van der Waals surface area contributed by atoms with Crippen molar-refractivity contribution in [1.29, 1.82) is 0 Å². The molecule has 1 heterocycles. The third-order valence-electron chi connectivity index (χ3n) is 3.00. The number of hydrogen-bond donors (Lipinski definition) is 2. The van der Waals surface area contributed by atoms with Gasteiger partial charge in [-0.05, 0) is 44.7 Å². The third-order valence-corrected chi connectivity index (χ3v) is 4.42. The highest BCUT2D eigenvalue weighted by Crippen LogP contribution is 2.33. The molecule has 2 atom stereocenters. The number of fused-ring (bicyclic) bond motifs is 1. The van der Waals surface area contributed by atoms with Crippen molar-refractivity contribution in [2.24, 2.45) is 0 Å². The van der Waals surface area contributed by atoms with Gasteiger partial charge in [0, 0.05) is 21.8 Å². The predicted molar refractivity (Wildman–Crippen MR) is 64.4 cm³/mol. The van der Waals surface area contributed by atoms with E-state index in [0.29, 0.717) is 6.04 Å². The molecule has 0 bridgehead atoms. The Labute approximate surface area is 95.3 Å². The van der Waals surface area contributed by atoms with Crippen LogP contribution in [0.3, 0.4) is 0 Å². The molecule has 0 fully saturated rings. The van der Waals surface area contributed by atoms with E-state index in [1.807, 2.05) is 18.3 Å². The van der Waals surface area contributed by atoms with Gasteiger partial charge in [-0.1, -0.05) is 0 Å². The highest BCUT2D eigenvalue weighted by molar-refractivity contribution is 7.12. The zero-order valence-electron chi connectivity index (χ0n) is 9.42. The lowest BCUT2D eigenvalue weighted by Gasteiger charge is -2.16. The molecule has 0 spiro atoms. The lowest BCUT2D eigenvalue weighted by atomic mass is 10.2. The Morgan fingerprint density at radius 1 is 1.47 bits per heavy atom. The van der Waals surface area contributed by atoms with E-state index in [0.717, 1.165) is 0 Å². The number of hydrogen-bond acceptors (Lipinski definition) is 3. The van der Waals surface area contributed by atoms with Gasteiger partial charge in [-0.2, -0.15) is 0 Å². The molecular formula is C12H19NOS. The molecular weight excluding hydrogens is 206 g/mol. The fourth-order valence-electron chi connectivity index (χ4n) is 2.13. The Balaban J connectivity index is 2.03. The first kappa shape index (κ1) is 11.1. The van der Waals surface area contributed by atoms with E-state index < -0.39 is 0 Å². The van der Waals surface area contributed by atoms with Crippen molar-refractivity contribution in [3.8, 4) is 0 Å². The fourth-order valence-corrected chi connectivity index (χ4v) is 3.40. The van der Waals surface area contributed by atoms with Crippen LogP contribution in [0.1, 0.15) is 41.6 Å². The first-order chi connectivity index (χ1) is 7.20. The summed E-state index contributed by atoms with van der Waals surface area (Å²) in [7, 11) is 0. The number of aryl methyl sites for hydroxylation is 2. The molecule has 0 aliphatic heterocycles. The molecule has 1 aliphatic carbocycles. The van der Waals surface area contributed by atoms with E-state index in [2.05, 4.69) is 18.3 Å². The van der Waals surface area contributed by atoms with Crippen LogP contribution in [0, 0.1) is 0 Å². The highest BCUT2D eigenvalue weighted by atomic mass is 32.1. The van der Waals surface area contributed by atoms with Crippen LogP contribution in [0.2, 0.25) is 0 Å². The molecule has 1 unspecified atom stereocenters. The number of rotatable bonds is 4. The first-order valence-electron chi connectivity index (χ1n) is 5.69. The van der Waals surface area contributed by atoms with Crippen LogP contribution in [0.4, 0.5) is 0 Å². The predicted octanol–water partition coefficient (Wildman–Crippen LogP) is 2.27. The van der Waals surface area contributed by atoms with E-state index in [1.165, 1.54) is 24.1 Å². The molecule has 15 heavy (non-hydrogen) atoms. The van der Waals surface area contributed by atoms with Crippen LogP contribution in [0.15, 0.2) is 6.07 Å². The maximum atomic E-state index is 8.99. The Kier molecular flexibility index (Phi) is 3.44. The van der Waals surface area contributed by atoms with Crippen molar-refractivity contribution in [3.05, 3.63) is 21.4 Å². The first-order valence-corrected chi connectivity index (χ1v) is 6.50. The molecule has 1 aromatic rings. The summed E-state index contributed by atoms with van der Waals surface area (Å²) in [6.07, 6.45) is 3.85. The second-order valence-corrected chi connectivity index (χ2v) is 5.59. The van der Waals surface area contributed by atoms with Crippen molar-refractivity contribution in [3.63, 3.8) is 0 Å². The van der Waals surface area contributed by atoms with Crippen molar-refractivity contribution < 1.29 is 5.11 Å². The summed E-state index contributed by atoms with van der Waals surface area (Å²) in [5.41, 5.74) is 1.56. The molecule has 2 N–H and O–H groups in total. The summed E-state index contributed by atoms with van der Waals surface area (Å²) in [6.45, 7) is 4.39. The largest absolute Gasteiger partial charge is 0.395 e. The molecule has 0 saturated carbocycles. The van der Waals surface area contributed by atoms with E-state index in [-0.39, 0.29) is 12.6 Å². The van der Waals surface area contributed by atoms with Crippen LogP contribution in [-0.2, 0) is 12.8 Å². The quantitative estimate of drug-likeness (QED) is 0.824. The van der Waals surface area contributed by atoms with Gasteiger partial charge >= 0.3 is 0 Å². The van der Waals surface area contributed by atoms with Gasteiger partial charge in [0.1, 0.15) is 0 Å². The molecule has 1 aliphatic rings. The van der Waals surface area contributed by atoms with Crippen molar-refractivity contribution in [2.75, 3.05) is 6.61 Å². The van der Waals surface area contributed by atoms with Gasteiger partial charge in [0.05, 0.1) is 6.61 Å².